The molecule has 1 aliphatic rings. The van der Waals surface area contributed by atoms with Crippen LogP contribution in [0.3, 0.4) is 0 Å². The molecule has 1 aliphatic heterocycles. The van der Waals surface area contributed by atoms with Gasteiger partial charge in [0.2, 0.25) is 0 Å². The lowest BCUT2D eigenvalue weighted by Gasteiger charge is -2.30. The summed E-state index contributed by atoms with van der Waals surface area (Å²) >= 11 is 5.64. The molecule has 1 atom stereocenters. The minimum Gasteiger partial charge on any atom is -0.337 e. The zero-order valence-electron chi connectivity index (χ0n) is 14.8. The van der Waals surface area contributed by atoms with E-state index < -0.39 is 9.84 Å². The van der Waals surface area contributed by atoms with Crippen LogP contribution >= 0.6 is 12.2 Å². The van der Waals surface area contributed by atoms with Crippen LogP contribution < -0.4 is 5.32 Å². The van der Waals surface area contributed by atoms with Crippen molar-refractivity contribution in [3.8, 4) is 0 Å². The SMILES string of the molecule is Cc1cc(C)cc(NC(=S)N(Cc2ccccc2)[C@H]2C=CS(=O)(=O)C2)c1. The number of aryl methyl sites for hydroxylation is 2. The highest BCUT2D eigenvalue weighted by molar-refractivity contribution is 7.94. The number of anilines is 1. The molecule has 0 saturated carbocycles. The van der Waals surface area contributed by atoms with Crippen molar-refractivity contribution >= 4 is 32.9 Å². The second kappa shape index (κ2) is 7.60. The standard InChI is InChI=1S/C20H22N2O2S2/c1-15-10-16(2)12-18(11-15)21-20(25)22(13-17-6-4-3-5-7-17)19-8-9-26(23,24)14-19/h3-12,19H,13-14H2,1-2H3,(H,21,25)/t19-/m0/s1. The first kappa shape index (κ1) is 18.6. The average Bonchev–Trinajstić information content (AvgIpc) is 2.92. The number of thiocarbonyl (C=S) groups is 1. The molecule has 1 heterocycles. The Morgan fingerprint density at radius 3 is 2.38 bits per heavy atom. The molecular formula is C20H22N2O2S2. The lowest BCUT2D eigenvalue weighted by molar-refractivity contribution is 0.380. The fraction of sp³-hybridized carbons (Fsp3) is 0.250. The Bertz CT molecular complexity index is 917. The summed E-state index contributed by atoms with van der Waals surface area (Å²) in [7, 11) is -3.16. The number of benzene rings is 2. The van der Waals surface area contributed by atoms with Crippen molar-refractivity contribution in [1.82, 2.24) is 4.90 Å². The number of nitrogens with one attached hydrogen (secondary N) is 1. The second-order valence-corrected chi connectivity index (χ2v) is 8.96. The van der Waals surface area contributed by atoms with Gasteiger partial charge in [0.1, 0.15) is 0 Å². The first-order valence-corrected chi connectivity index (χ1v) is 10.6. The molecule has 3 rings (SSSR count). The van der Waals surface area contributed by atoms with Crippen LogP contribution in [0.2, 0.25) is 0 Å². The van der Waals surface area contributed by atoms with Crippen molar-refractivity contribution in [2.24, 2.45) is 0 Å². The quantitative estimate of drug-likeness (QED) is 0.810. The predicted octanol–water partition coefficient (Wildman–Crippen LogP) is 3.81. The molecule has 6 heteroatoms. The van der Waals surface area contributed by atoms with Gasteiger partial charge in [-0.2, -0.15) is 0 Å². The number of nitrogens with zero attached hydrogens (tertiary/aromatic N) is 1. The van der Waals surface area contributed by atoms with Gasteiger partial charge >= 0.3 is 0 Å². The minimum atomic E-state index is -3.16. The molecule has 0 spiro atoms. The Labute approximate surface area is 160 Å². The van der Waals surface area contributed by atoms with E-state index in [1.807, 2.05) is 61.2 Å². The van der Waals surface area contributed by atoms with Gasteiger partial charge < -0.3 is 10.2 Å². The van der Waals surface area contributed by atoms with Crippen molar-refractivity contribution in [3.05, 3.63) is 76.7 Å². The van der Waals surface area contributed by atoms with Crippen molar-refractivity contribution < 1.29 is 8.42 Å². The molecule has 0 saturated heterocycles. The maximum atomic E-state index is 11.9. The van der Waals surface area contributed by atoms with E-state index >= 15 is 0 Å². The second-order valence-electron chi connectivity index (χ2n) is 6.65. The minimum absolute atomic E-state index is 0.0501. The van der Waals surface area contributed by atoms with E-state index in [0.717, 1.165) is 22.4 Å². The third-order valence-corrected chi connectivity index (χ3v) is 5.96. The van der Waals surface area contributed by atoms with E-state index in [-0.39, 0.29) is 11.8 Å². The number of hydrogen-bond acceptors (Lipinski definition) is 3. The molecule has 2 aromatic carbocycles. The van der Waals surface area contributed by atoms with Gasteiger partial charge in [0.15, 0.2) is 14.9 Å². The number of sulfone groups is 1. The Morgan fingerprint density at radius 2 is 1.81 bits per heavy atom. The highest BCUT2D eigenvalue weighted by Gasteiger charge is 2.29. The summed E-state index contributed by atoms with van der Waals surface area (Å²) in [6, 6.07) is 15.8. The van der Waals surface area contributed by atoms with Crippen LogP contribution in [0.25, 0.3) is 0 Å². The van der Waals surface area contributed by atoms with E-state index in [9.17, 15) is 8.42 Å². The van der Waals surface area contributed by atoms with Gasteiger partial charge in [-0.3, -0.25) is 0 Å². The summed E-state index contributed by atoms with van der Waals surface area (Å²) in [6.45, 7) is 4.62. The third kappa shape index (κ3) is 4.71. The van der Waals surface area contributed by atoms with E-state index in [4.69, 9.17) is 12.2 Å². The van der Waals surface area contributed by atoms with E-state index in [2.05, 4.69) is 11.4 Å². The summed E-state index contributed by atoms with van der Waals surface area (Å²) in [5.74, 6) is 0.0501. The molecule has 4 nitrogen and oxygen atoms in total. The first-order chi connectivity index (χ1) is 12.3. The molecular weight excluding hydrogens is 364 g/mol. The normalized spacial score (nSPS) is 17.8. The van der Waals surface area contributed by atoms with Crippen LogP contribution in [-0.2, 0) is 16.4 Å². The summed E-state index contributed by atoms with van der Waals surface area (Å²) < 4.78 is 23.8. The Balaban J connectivity index is 1.84. The summed E-state index contributed by atoms with van der Waals surface area (Å²) in [6.07, 6.45) is 1.72. The van der Waals surface area contributed by atoms with Crippen LogP contribution in [-0.4, -0.2) is 30.2 Å². The fourth-order valence-electron chi connectivity index (χ4n) is 3.12. The average molecular weight is 387 g/mol. The Hall–Kier alpha value is -2.18. The van der Waals surface area contributed by atoms with Crippen LogP contribution in [0.15, 0.2) is 60.0 Å². The smallest absolute Gasteiger partial charge is 0.174 e. The monoisotopic (exact) mass is 386 g/mol. The van der Waals surface area contributed by atoms with Crippen LogP contribution in [0.4, 0.5) is 5.69 Å². The van der Waals surface area contributed by atoms with Gasteiger partial charge in [-0.1, -0.05) is 36.4 Å². The van der Waals surface area contributed by atoms with Gasteiger partial charge in [-0.15, -0.1) is 0 Å². The van der Waals surface area contributed by atoms with Gasteiger partial charge in [0.25, 0.3) is 0 Å². The molecule has 2 aromatic rings. The third-order valence-electron chi connectivity index (χ3n) is 4.24. The van der Waals surface area contributed by atoms with E-state index in [1.165, 1.54) is 5.41 Å². The Morgan fingerprint density at radius 1 is 1.15 bits per heavy atom. The molecule has 0 aromatic heterocycles. The molecule has 0 amide bonds. The maximum Gasteiger partial charge on any atom is 0.174 e. The van der Waals surface area contributed by atoms with Gasteiger partial charge in [-0.05, 0) is 61.0 Å². The van der Waals surface area contributed by atoms with Crippen molar-refractivity contribution in [1.29, 1.82) is 0 Å². The molecule has 26 heavy (non-hydrogen) atoms. The zero-order chi connectivity index (χ0) is 18.7. The Kier molecular flexibility index (Phi) is 5.44. The lowest BCUT2D eigenvalue weighted by atomic mass is 10.1. The molecule has 0 aliphatic carbocycles. The van der Waals surface area contributed by atoms with Crippen molar-refractivity contribution in [2.45, 2.75) is 26.4 Å². The zero-order valence-corrected chi connectivity index (χ0v) is 16.5. The molecule has 136 valence electrons. The number of hydrogen-bond donors (Lipinski definition) is 1. The number of rotatable bonds is 4. The topological polar surface area (TPSA) is 49.4 Å². The largest absolute Gasteiger partial charge is 0.337 e. The van der Waals surface area contributed by atoms with Crippen LogP contribution in [0, 0.1) is 13.8 Å². The van der Waals surface area contributed by atoms with Crippen molar-refractivity contribution in [3.63, 3.8) is 0 Å². The fourth-order valence-corrected chi connectivity index (χ4v) is 4.73. The maximum absolute atomic E-state index is 11.9. The molecule has 0 radical (unpaired) electrons. The van der Waals surface area contributed by atoms with Gasteiger partial charge in [0.05, 0.1) is 11.8 Å². The van der Waals surface area contributed by atoms with E-state index in [0.29, 0.717) is 11.7 Å². The summed E-state index contributed by atoms with van der Waals surface area (Å²) in [5, 5.41) is 5.08. The summed E-state index contributed by atoms with van der Waals surface area (Å²) in [4.78, 5) is 1.93. The predicted molar refractivity (Wildman–Crippen MR) is 111 cm³/mol. The van der Waals surface area contributed by atoms with Crippen LogP contribution in [0.1, 0.15) is 16.7 Å². The molecule has 0 bridgehead atoms. The van der Waals surface area contributed by atoms with Crippen molar-refractivity contribution in [2.75, 3.05) is 11.1 Å². The molecule has 0 unspecified atom stereocenters. The molecule has 0 fully saturated rings. The summed E-state index contributed by atoms with van der Waals surface area (Å²) in [5.41, 5.74) is 4.28. The van der Waals surface area contributed by atoms with Crippen LogP contribution in [0.5, 0.6) is 0 Å². The molecule has 1 N–H and O–H groups in total. The highest BCUT2D eigenvalue weighted by atomic mass is 32.2. The van der Waals surface area contributed by atoms with E-state index in [1.54, 1.807) is 6.08 Å². The first-order valence-electron chi connectivity index (χ1n) is 8.43. The van der Waals surface area contributed by atoms with Gasteiger partial charge in [0, 0.05) is 17.6 Å². The lowest BCUT2D eigenvalue weighted by Crippen LogP contribution is -2.42. The van der Waals surface area contributed by atoms with Gasteiger partial charge in [-0.25, -0.2) is 8.42 Å². The highest BCUT2D eigenvalue weighted by Crippen LogP contribution is 2.20.